The van der Waals surface area contributed by atoms with Crippen molar-refractivity contribution in [3.8, 4) is 11.5 Å². The minimum Gasteiger partial charge on any atom is -0.507 e. The molecule has 18 heavy (non-hydrogen) atoms. The number of phenolic OH excluding ortho intramolecular Hbond substituents is 1. The van der Waals surface area contributed by atoms with E-state index in [0.29, 0.717) is 11.8 Å². The first-order valence-electron chi connectivity index (χ1n) is 6.88. The predicted octanol–water partition coefficient (Wildman–Crippen LogP) is 1.95. The monoisotopic (exact) mass is 248 g/mol. The summed E-state index contributed by atoms with van der Waals surface area (Å²) in [6.07, 6.45) is 4.70. The van der Waals surface area contributed by atoms with Gasteiger partial charge in [0.2, 0.25) is 0 Å². The molecule has 0 bridgehead atoms. The van der Waals surface area contributed by atoms with Crippen molar-refractivity contribution in [1.29, 1.82) is 0 Å². The highest BCUT2D eigenvalue weighted by molar-refractivity contribution is 5.54. The minimum atomic E-state index is 0.0834. The summed E-state index contributed by atoms with van der Waals surface area (Å²) in [6.45, 7) is 3.94. The van der Waals surface area contributed by atoms with E-state index in [1.807, 2.05) is 19.9 Å². The van der Waals surface area contributed by atoms with Crippen molar-refractivity contribution >= 4 is 0 Å². The van der Waals surface area contributed by atoms with Crippen LogP contribution < -0.4 is 10.1 Å². The summed E-state index contributed by atoms with van der Waals surface area (Å²) in [7, 11) is 2.11. The molecule has 1 fully saturated rings. The van der Waals surface area contributed by atoms with Gasteiger partial charge in [-0.1, -0.05) is 0 Å². The maximum absolute atomic E-state index is 10.1. The molecule has 98 valence electrons. The zero-order valence-electron chi connectivity index (χ0n) is 11.4. The van der Waals surface area contributed by atoms with E-state index in [4.69, 9.17) is 4.74 Å². The Kier molecular flexibility index (Phi) is 2.56. The number of hydrogen-bond acceptors (Lipinski definition) is 2. The summed E-state index contributed by atoms with van der Waals surface area (Å²) in [6, 6.07) is 2.42. The number of aromatic hydroxyl groups is 1. The van der Waals surface area contributed by atoms with Crippen LogP contribution in [0, 0.1) is 13.8 Å². The van der Waals surface area contributed by atoms with Crippen LogP contribution in [0.2, 0.25) is 0 Å². The Labute approximate surface area is 108 Å². The summed E-state index contributed by atoms with van der Waals surface area (Å²) in [5, 5.41) is 12.4. The van der Waals surface area contributed by atoms with Crippen LogP contribution in [0.5, 0.6) is 11.5 Å². The number of phenols is 1. The second kappa shape index (κ2) is 3.89. The largest absolute Gasteiger partial charge is 0.507 e. The Morgan fingerprint density at radius 3 is 2.67 bits per heavy atom. The fourth-order valence-corrected chi connectivity index (χ4v) is 3.44. The molecule has 3 nitrogen and oxygen atoms in total. The molecule has 1 aliphatic heterocycles. The average molecular weight is 248 g/mol. The molecule has 3 N–H and O–H groups in total. The maximum atomic E-state index is 10.1. The molecule has 1 heterocycles. The van der Waals surface area contributed by atoms with E-state index in [2.05, 4.69) is 12.4 Å². The molecule has 1 saturated carbocycles. The molecule has 0 amide bonds. The lowest BCUT2D eigenvalue weighted by atomic mass is 9.72. The molecule has 0 radical (unpaired) electrons. The normalized spacial score (nSPS) is 24.3. The zero-order valence-corrected chi connectivity index (χ0v) is 11.4. The lowest BCUT2D eigenvalue weighted by Crippen LogP contribution is -2.82. The molecular weight excluding hydrogens is 226 g/mol. The smallest absolute Gasteiger partial charge is 0.130 e. The predicted molar refractivity (Wildman–Crippen MR) is 70.0 cm³/mol. The van der Waals surface area contributed by atoms with Gasteiger partial charge in [0.15, 0.2) is 0 Å². The number of rotatable bonds is 1. The molecule has 0 saturated heterocycles. The Morgan fingerprint density at radius 1 is 1.39 bits per heavy atom. The van der Waals surface area contributed by atoms with Crippen molar-refractivity contribution in [3.63, 3.8) is 0 Å². The van der Waals surface area contributed by atoms with Crippen LogP contribution in [-0.4, -0.2) is 17.8 Å². The molecule has 0 aromatic heterocycles. The highest BCUT2D eigenvalue weighted by atomic mass is 16.5. The maximum Gasteiger partial charge on any atom is 0.130 e. The number of benzene rings is 1. The number of quaternary nitrogens is 1. The third-order valence-electron chi connectivity index (χ3n) is 4.70. The van der Waals surface area contributed by atoms with Gasteiger partial charge in [-0.15, -0.1) is 0 Å². The molecule has 1 aromatic rings. The molecule has 1 aliphatic carbocycles. The highest BCUT2D eigenvalue weighted by Gasteiger charge is 2.47. The lowest BCUT2D eigenvalue weighted by Gasteiger charge is -2.47. The highest BCUT2D eigenvalue weighted by Crippen LogP contribution is 2.50. The Hall–Kier alpha value is -1.22. The van der Waals surface area contributed by atoms with Gasteiger partial charge in [-0.2, -0.15) is 0 Å². The van der Waals surface area contributed by atoms with Crippen molar-refractivity contribution in [2.75, 3.05) is 7.05 Å². The molecule has 3 rings (SSSR count). The second-order valence-electron chi connectivity index (χ2n) is 5.86. The van der Waals surface area contributed by atoms with E-state index < -0.39 is 0 Å². The molecular formula is C15H22NO2+. The summed E-state index contributed by atoms with van der Waals surface area (Å²) in [4.78, 5) is 0. The van der Waals surface area contributed by atoms with Gasteiger partial charge in [0, 0.05) is 12.0 Å². The fourth-order valence-electron chi connectivity index (χ4n) is 3.44. The van der Waals surface area contributed by atoms with Crippen LogP contribution in [0.15, 0.2) is 6.07 Å². The SMILES string of the molecule is C[NH2+]C1CC2(CCC2)Oc2cc(C)c(O)c(C)c21. The van der Waals surface area contributed by atoms with Gasteiger partial charge >= 0.3 is 0 Å². The van der Waals surface area contributed by atoms with Crippen LogP contribution in [0.25, 0.3) is 0 Å². The average Bonchev–Trinajstić information content (AvgIpc) is 2.32. The van der Waals surface area contributed by atoms with E-state index >= 15 is 0 Å². The second-order valence-corrected chi connectivity index (χ2v) is 5.86. The van der Waals surface area contributed by atoms with Crippen LogP contribution in [0.3, 0.4) is 0 Å². The van der Waals surface area contributed by atoms with Gasteiger partial charge in [0.25, 0.3) is 0 Å². The molecule has 1 unspecified atom stereocenters. The van der Waals surface area contributed by atoms with Crippen molar-refractivity contribution in [2.24, 2.45) is 0 Å². The first-order valence-corrected chi connectivity index (χ1v) is 6.88. The number of ether oxygens (including phenoxy) is 1. The van der Waals surface area contributed by atoms with Gasteiger partial charge in [-0.25, -0.2) is 0 Å². The first-order chi connectivity index (χ1) is 8.56. The number of nitrogens with two attached hydrogens (primary N) is 1. The molecule has 1 aromatic carbocycles. The Bertz CT molecular complexity index is 492. The van der Waals surface area contributed by atoms with Crippen molar-refractivity contribution in [2.45, 2.75) is 51.2 Å². The Morgan fingerprint density at radius 2 is 2.11 bits per heavy atom. The summed E-state index contributed by atoms with van der Waals surface area (Å²) >= 11 is 0. The summed E-state index contributed by atoms with van der Waals surface area (Å²) < 4.78 is 6.27. The molecule has 2 aliphatic rings. The fraction of sp³-hybridized carbons (Fsp3) is 0.600. The lowest BCUT2D eigenvalue weighted by molar-refractivity contribution is -0.674. The van der Waals surface area contributed by atoms with E-state index in [-0.39, 0.29) is 5.60 Å². The van der Waals surface area contributed by atoms with Crippen LogP contribution in [0.1, 0.15) is 48.4 Å². The van der Waals surface area contributed by atoms with E-state index in [1.54, 1.807) is 0 Å². The first kappa shape index (κ1) is 11.8. The van der Waals surface area contributed by atoms with Gasteiger partial charge in [0.05, 0.1) is 12.6 Å². The topological polar surface area (TPSA) is 46.1 Å². The quantitative estimate of drug-likeness (QED) is 0.798. The third-order valence-corrected chi connectivity index (χ3v) is 4.70. The van der Waals surface area contributed by atoms with Crippen LogP contribution >= 0.6 is 0 Å². The van der Waals surface area contributed by atoms with Crippen molar-refractivity contribution in [1.82, 2.24) is 0 Å². The van der Waals surface area contributed by atoms with Gasteiger partial charge in [-0.3, -0.25) is 0 Å². The van der Waals surface area contributed by atoms with Gasteiger partial charge in [0.1, 0.15) is 23.1 Å². The minimum absolute atomic E-state index is 0.0834. The van der Waals surface area contributed by atoms with Crippen LogP contribution in [-0.2, 0) is 0 Å². The number of fused-ring (bicyclic) bond motifs is 1. The van der Waals surface area contributed by atoms with Crippen molar-refractivity contribution < 1.29 is 15.2 Å². The number of aryl methyl sites for hydroxylation is 1. The molecule has 1 atom stereocenters. The summed E-state index contributed by atoms with van der Waals surface area (Å²) in [5.41, 5.74) is 3.18. The van der Waals surface area contributed by atoms with Gasteiger partial charge < -0.3 is 15.2 Å². The zero-order chi connectivity index (χ0) is 12.9. The number of hydrogen-bond donors (Lipinski definition) is 2. The van der Waals surface area contributed by atoms with Crippen LogP contribution in [0.4, 0.5) is 0 Å². The standard InChI is InChI=1S/C15H21NO2/c1-9-7-12-13(10(2)14(9)17)11(16-3)8-15(18-12)5-4-6-15/h7,11,16-17H,4-6,8H2,1-3H3/p+1. The Balaban J connectivity index is 2.11. The molecule has 1 spiro atoms. The van der Waals surface area contributed by atoms with Gasteiger partial charge in [-0.05, 0) is 44.7 Å². The van der Waals surface area contributed by atoms with E-state index in [1.165, 1.54) is 24.8 Å². The molecule has 3 heteroatoms. The van der Waals surface area contributed by atoms with E-state index in [9.17, 15) is 5.11 Å². The van der Waals surface area contributed by atoms with E-state index in [0.717, 1.165) is 23.3 Å². The summed E-state index contributed by atoms with van der Waals surface area (Å²) in [5.74, 6) is 1.42. The third kappa shape index (κ3) is 1.53. The van der Waals surface area contributed by atoms with Crippen molar-refractivity contribution in [3.05, 3.63) is 22.8 Å².